The summed E-state index contributed by atoms with van der Waals surface area (Å²) in [6.45, 7) is 4.60. The molecule has 2 rings (SSSR count). The van der Waals surface area contributed by atoms with E-state index in [4.69, 9.17) is 10.5 Å². The fourth-order valence-corrected chi connectivity index (χ4v) is 1.89. The first-order valence-corrected chi connectivity index (χ1v) is 6.17. The highest BCUT2D eigenvalue weighted by molar-refractivity contribution is 5.32. The van der Waals surface area contributed by atoms with Crippen molar-refractivity contribution in [3.05, 3.63) is 65.2 Å². The van der Waals surface area contributed by atoms with Crippen LogP contribution in [0, 0.1) is 13.8 Å². The Labute approximate surface area is 108 Å². The standard InChI is InChI=1S/C16H19NO/c1-12-6-5-8-14(10-12)15(17)11-18-16-9-4-3-7-13(16)2/h3-10,15H,11,17H2,1-2H3. The van der Waals surface area contributed by atoms with Gasteiger partial charge in [0.15, 0.2) is 0 Å². The van der Waals surface area contributed by atoms with Crippen molar-refractivity contribution in [2.24, 2.45) is 5.73 Å². The van der Waals surface area contributed by atoms with E-state index in [0.29, 0.717) is 6.61 Å². The molecule has 0 bridgehead atoms. The average molecular weight is 241 g/mol. The van der Waals surface area contributed by atoms with E-state index in [9.17, 15) is 0 Å². The number of aryl methyl sites for hydroxylation is 2. The van der Waals surface area contributed by atoms with Gasteiger partial charge in [0.1, 0.15) is 12.4 Å². The lowest BCUT2D eigenvalue weighted by atomic mass is 10.1. The number of rotatable bonds is 4. The minimum atomic E-state index is -0.0930. The summed E-state index contributed by atoms with van der Waals surface area (Å²) >= 11 is 0. The van der Waals surface area contributed by atoms with Gasteiger partial charge in [-0.3, -0.25) is 0 Å². The molecule has 0 fully saturated rings. The lowest BCUT2D eigenvalue weighted by Gasteiger charge is -2.15. The lowest BCUT2D eigenvalue weighted by molar-refractivity contribution is 0.289. The summed E-state index contributed by atoms with van der Waals surface area (Å²) in [7, 11) is 0. The molecule has 0 amide bonds. The van der Waals surface area contributed by atoms with Crippen LogP contribution in [-0.4, -0.2) is 6.61 Å². The second-order valence-electron chi connectivity index (χ2n) is 4.60. The molecule has 2 nitrogen and oxygen atoms in total. The van der Waals surface area contributed by atoms with Crippen LogP contribution in [0.5, 0.6) is 5.75 Å². The Balaban J connectivity index is 2.00. The van der Waals surface area contributed by atoms with Crippen molar-refractivity contribution < 1.29 is 4.74 Å². The predicted octanol–water partition coefficient (Wildman–Crippen LogP) is 3.38. The van der Waals surface area contributed by atoms with E-state index in [-0.39, 0.29) is 6.04 Å². The van der Waals surface area contributed by atoms with Crippen LogP contribution in [-0.2, 0) is 0 Å². The Bertz CT molecular complexity index is 522. The van der Waals surface area contributed by atoms with E-state index in [1.54, 1.807) is 0 Å². The summed E-state index contributed by atoms with van der Waals surface area (Å²) in [5.74, 6) is 0.903. The summed E-state index contributed by atoms with van der Waals surface area (Å²) in [5, 5.41) is 0. The monoisotopic (exact) mass is 241 g/mol. The van der Waals surface area contributed by atoms with Crippen LogP contribution >= 0.6 is 0 Å². The summed E-state index contributed by atoms with van der Waals surface area (Å²) in [5.41, 5.74) is 9.61. The minimum absolute atomic E-state index is 0.0930. The van der Waals surface area contributed by atoms with E-state index in [2.05, 4.69) is 19.1 Å². The summed E-state index contributed by atoms with van der Waals surface area (Å²) in [6.07, 6.45) is 0. The largest absolute Gasteiger partial charge is 0.491 e. The summed E-state index contributed by atoms with van der Waals surface area (Å²) < 4.78 is 5.77. The van der Waals surface area contributed by atoms with E-state index in [0.717, 1.165) is 16.9 Å². The van der Waals surface area contributed by atoms with Gasteiger partial charge >= 0.3 is 0 Å². The van der Waals surface area contributed by atoms with Crippen LogP contribution in [0.4, 0.5) is 0 Å². The molecule has 1 unspecified atom stereocenters. The van der Waals surface area contributed by atoms with Gasteiger partial charge in [-0.25, -0.2) is 0 Å². The van der Waals surface area contributed by atoms with E-state index in [1.165, 1.54) is 5.56 Å². The molecule has 2 aromatic carbocycles. The van der Waals surface area contributed by atoms with Gasteiger partial charge in [0, 0.05) is 0 Å². The normalized spacial score (nSPS) is 12.2. The zero-order valence-corrected chi connectivity index (χ0v) is 10.9. The van der Waals surface area contributed by atoms with Crippen molar-refractivity contribution in [3.63, 3.8) is 0 Å². The Morgan fingerprint density at radius 2 is 1.83 bits per heavy atom. The van der Waals surface area contributed by atoms with Gasteiger partial charge < -0.3 is 10.5 Å². The second-order valence-corrected chi connectivity index (χ2v) is 4.60. The molecular weight excluding hydrogens is 222 g/mol. The highest BCUT2D eigenvalue weighted by Gasteiger charge is 2.07. The molecule has 1 atom stereocenters. The smallest absolute Gasteiger partial charge is 0.122 e. The van der Waals surface area contributed by atoms with Crippen molar-refractivity contribution in [2.75, 3.05) is 6.61 Å². The van der Waals surface area contributed by atoms with Crippen LogP contribution in [0.25, 0.3) is 0 Å². The molecule has 2 N–H and O–H groups in total. The third kappa shape index (κ3) is 3.11. The maximum atomic E-state index is 6.14. The molecule has 0 radical (unpaired) electrons. The molecule has 0 aliphatic carbocycles. The molecular formula is C16H19NO. The lowest BCUT2D eigenvalue weighted by Crippen LogP contribution is -2.19. The molecule has 0 saturated heterocycles. The van der Waals surface area contributed by atoms with Crippen LogP contribution in [0.15, 0.2) is 48.5 Å². The average Bonchev–Trinajstić information content (AvgIpc) is 2.37. The maximum absolute atomic E-state index is 6.14. The molecule has 0 saturated carbocycles. The van der Waals surface area contributed by atoms with Crippen LogP contribution < -0.4 is 10.5 Å². The van der Waals surface area contributed by atoms with Crippen LogP contribution in [0.3, 0.4) is 0 Å². The van der Waals surface area contributed by atoms with E-state index >= 15 is 0 Å². The summed E-state index contributed by atoms with van der Waals surface area (Å²) in [6, 6.07) is 16.1. The molecule has 0 aliphatic heterocycles. The second kappa shape index (κ2) is 5.69. The third-order valence-electron chi connectivity index (χ3n) is 2.98. The number of hydrogen-bond acceptors (Lipinski definition) is 2. The van der Waals surface area contributed by atoms with Gasteiger partial charge in [-0.2, -0.15) is 0 Å². The maximum Gasteiger partial charge on any atom is 0.122 e. The first kappa shape index (κ1) is 12.7. The fraction of sp³-hybridized carbons (Fsp3) is 0.250. The Morgan fingerprint density at radius 1 is 1.06 bits per heavy atom. The number of hydrogen-bond donors (Lipinski definition) is 1. The number of ether oxygens (including phenoxy) is 1. The zero-order valence-electron chi connectivity index (χ0n) is 10.9. The topological polar surface area (TPSA) is 35.2 Å². The molecule has 94 valence electrons. The van der Waals surface area contributed by atoms with Gasteiger partial charge in [0.25, 0.3) is 0 Å². The van der Waals surface area contributed by atoms with Gasteiger partial charge in [0.05, 0.1) is 6.04 Å². The number of nitrogens with two attached hydrogens (primary N) is 1. The van der Waals surface area contributed by atoms with Gasteiger partial charge in [-0.15, -0.1) is 0 Å². The highest BCUT2D eigenvalue weighted by Crippen LogP contribution is 2.19. The SMILES string of the molecule is Cc1cccc(C(N)COc2ccccc2C)c1. The van der Waals surface area contributed by atoms with E-state index in [1.807, 2.05) is 43.3 Å². The predicted molar refractivity (Wildman–Crippen MR) is 74.8 cm³/mol. The molecule has 0 spiro atoms. The highest BCUT2D eigenvalue weighted by atomic mass is 16.5. The first-order valence-electron chi connectivity index (χ1n) is 6.17. The summed E-state index contributed by atoms with van der Waals surface area (Å²) in [4.78, 5) is 0. The van der Waals surface area contributed by atoms with Gasteiger partial charge in [-0.1, -0.05) is 48.0 Å². The quantitative estimate of drug-likeness (QED) is 0.890. The first-order chi connectivity index (χ1) is 8.66. The van der Waals surface area contributed by atoms with Crippen molar-refractivity contribution in [1.82, 2.24) is 0 Å². The van der Waals surface area contributed by atoms with Gasteiger partial charge in [0.2, 0.25) is 0 Å². The molecule has 0 aromatic heterocycles. The Morgan fingerprint density at radius 3 is 2.56 bits per heavy atom. The van der Waals surface area contributed by atoms with Crippen LogP contribution in [0.1, 0.15) is 22.7 Å². The van der Waals surface area contributed by atoms with Crippen molar-refractivity contribution in [3.8, 4) is 5.75 Å². The van der Waals surface area contributed by atoms with E-state index < -0.39 is 0 Å². The molecule has 0 aliphatic rings. The molecule has 2 aromatic rings. The minimum Gasteiger partial charge on any atom is -0.491 e. The molecule has 18 heavy (non-hydrogen) atoms. The Hall–Kier alpha value is -1.80. The number of benzene rings is 2. The fourth-order valence-electron chi connectivity index (χ4n) is 1.89. The molecule has 0 heterocycles. The Kier molecular flexibility index (Phi) is 4.00. The van der Waals surface area contributed by atoms with Crippen LogP contribution in [0.2, 0.25) is 0 Å². The van der Waals surface area contributed by atoms with Crippen molar-refractivity contribution in [1.29, 1.82) is 0 Å². The van der Waals surface area contributed by atoms with Crippen molar-refractivity contribution in [2.45, 2.75) is 19.9 Å². The van der Waals surface area contributed by atoms with Crippen molar-refractivity contribution >= 4 is 0 Å². The molecule has 2 heteroatoms. The van der Waals surface area contributed by atoms with Gasteiger partial charge in [-0.05, 0) is 31.0 Å². The zero-order chi connectivity index (χ0) is 13.0. The number of para-hydroxylation sites is 1. The third-order valence-corrected chi connectivity index (χ3v) is 2.98.